The van der Waals surface area contributed by atoms with E-state index in [-0.39, 0.29) is 0 Å². The highest BCUT2D eigenvalue weighted by atomic mass is 32.2. The van der Waals surface area contributed by atoms with Crippen LogP contribution in [0.2, 0.25) is 0 Å². The summed E-state index contributed by atoms with van der Waals surface area (Å²) in [5.41, 5.74) is 1.29. The second-order valence-corrected chi connectivity index (χ2v) is 4.24. The van der Waals surface area contributed by atoms with Crippen LogP contribution < -0.4 is 0 Å². The van der Waals surface area contributed by atoms with Crippen molar-refractivity contribution in [3.05, 3.63) is 24.2 Å². The standard InChI is InChI=1S/C9H13NOS/c1-4-11-8-9(1)7-10-2-5-12-6-3-10/h1,4,8H,2-3,5-7H2. The summed E-state index contributed by atoms with van der Waals surface area (Å²) in [5.74, 6) is 2.55. The molecular formula is C9H13NOS. The van der Waals surface area contributed by atoms with Gasteiger partial charge in [-0.1, -0.05) is 0 Å². The predicted molar refractivity (Wildman–Crippen MR) is 51.3 cm³/mol. The summed E-state index contributed by atoms with van der Waals surface area (Å²) in [6.07, 6.45) is 3.58. The van der Waals surface area contributed by atoms with Gasteiger partial charge in [0.05, 0.1) is 12.5 Å². The number of rotatable bonds is 2. The first-order valence-electron chi connectivity index (χ1n) is 4.26. The van der Waals surface area contributed by atoms with Crippen LogP contribution in [-0.4, -0.2) is 29.5 Å². The van der Waals surface area contributed by atoms with E-state index < -0.39 is 0 Å². The Bertz CT molecular complexity index is 216. The Hall–Kier alpha value is -0.410. The summed E-state index contributed by atoms with van der Waals surface area (Å²) in [6, 6.07) is 2.04. The van der Waals surface area contributed by atoms with E-state index >= 15 is 0 Å². The Morgan fingerprint density at radius 1 is 1.42 bits per heavy atom. The number of furan rings is 1. The van der Waals surface area contributed by atoms with Gasteiger partial charge in [-0.2, -0.15) is 11.8 Å². The van der Waals surface area contributed by atoms with Crippen LogP contribution >= 0.6 is 11.8 Å². The molecule has 0 atom stereocenters. The topological polar surface area (TPSA) is 16.4 Å². The van der Waals surface area contributed by atoms with Crippen LogP contribution in [0.1, 0.15) is 5.56 Å². The molecule has 1 aromatic rings. The zero-order valence-electron chi connectivity index (χ0n) is 7.03. The Kier molecular flexibility index (Phi) is 2.74. The number of nitrogens with zero attached hydrogens (tertiary/aromatic N) is 1. The first-order chi connectivity index (χ1) is 5.95. The van der Waals surface area contributed by atoms with Gasteiger partial charge in [-0.3, -0.25) is 4.90 Å². The minimum atomic E-state index is 1.05. The molecule has 0 saturated carbocycles. The zero-order chi connectivity index (χ0) is 8.23. The average Bonchev–Trinajstić information content (AvgIpc) is 2.59. The van der Waals surface area contributed by atoms with Crippen LogP contribution in [0.3, 0.4) is 0 Å². The highest BCUT2D eigenvalue weighted by Gasteiger charge is 2.10. The molecule has 1 saturated heterocycles. The fraction of sp³-hybridized carbons (Fsp3) is 0.556. The van der Waals surface area contributed by atoms with E-state index in [0.29, 0.717) is 0 Å². The van der Waals surface area contributed by atoms with Crippen molar-refractivity contribution in [2.75, 3.05) is 24.6 Å². The monoisotopic (exact) mass is 183 g/mol. The molecule has 0 unspecified atom stereocenters. The minimum Gasteiger partial charge on any atom is -0.472 e. The van der Waals surface area contributed by atoms with Gasteiger partial charge in [0.1, 0.15) is 0 Å². The maximum Gasteiger partial charge on any atom is 0.0947 e. The Balaban J connectivity index is 1.86. The lowest BCUT2D eigenvalue weighted by molar-refractivity contribution is 0.293. The number of thioether (sulfide) groups is 1. The maximum absolute atomic E-state index is 5.02. The van der Waals surface area contributed by atoms with Gasteiger partial charge in [0.2, 0.25) is 0 Å². The van der Waals surface area contributed by atoms with E-state index in [1.54, 1.807) is 6.26 Å². The summed E-state index contributed by atoms with van der Waals surface area (Å²) in [7, 11) is 0. The molecule has 0 radical (unpaired) electrons. The lowest BCUT2D eigenvalue weighted by atomic mass is 10.3. The van der Waals surface area contributed by atoms with Gasteiger partial charge in [0, 0.05) is 36.7 Å². The van der Waals surface area contributed by atoms with E-state index in [1.807, 2.05) is 24.1 Å². The second-order valence-electron chi connectivity index (χ2n) is 3.02. The Morgan fingerprint density at radius 3 is 2.92 bits per heavy atom. The predicted octanol–water partition coefficient (Wildman–Crippen LogP) is 1.83. The molecule has 0 amide bonds. The zero-order valence-corrected chi connectivity index (χ0v) is 7.85. The van der Waals surface area contributed by atoms with Crippen LogP contribution in [0.25, 0.3) is 0 Å². The third kappa shape index (κ3) is 2.05. The van der Waals surface area contributed by atoms with Gasteiger partial charge < -0.3 is 4.42 Å². The third-order valence-corrected chi connectivity index (χ3v) is 3.03. The molecule has 1 aliphatic heterocycles. The maximum atomic E-state index is 5.02. The van der Waals surface area contributed by atoms with E-state index in [4.69, 9.17) is 4.42 Å². The molecule has 0 bridgehead atoms. The third-order valence-electron chi connectivity index (χ3n) is 2.09. The van der Waals surface area contributed by atoms with Gasteiger partial charge in [-0.25, -0.2) is 0 Å². The molecule has 1 fully saturated rings. The quantitative estimate of drug-likeness (QED) is 0.696. The van der Waals surface area contributed by atoms with Crippen LogP contribution in [0.5, 0.6) is 0 Å². The minimum absolute atomic E-state index is 1.05. The van der Waals surface area contributed by atoms with E-state index in [2.05, 4.69) is 4.90 Å². The first kappa shape index (κ1) is 8.20. The molecule has 3 heteroatoms. The van der Waals surface area contributed by atoms with Gasteiger partial charge in [-0.05, 0) is 6.07 Å². The molecule has 0 aliphatic carbocycles. The largest absolute Gasteiger partial charge is 0.472 e. The lowest BCUT2D eigenvalue weighted by Gasteiger charge is -2.25. The van der Waals surface area contributed by atoms with Crippen molar-refractivity contribution >= 4 is 11.8 Å². The summed E-state index contributed by atoms with van der Waals surface area (Å²) in [4.78, 5) is 2.47. The number of hydrogen-bond acceptors (Lipinski definition) is 3. The molecule has 0 N–H and O–H groups in total. The van der Waals surface area contributed by atoms with Crippen LogP contribution in [0.4, 0.5) is 0 Å². The van der Waals surface area contributed by atoms with E-state index in [1.165, 1.54) is 30.2 Å². The van der Waals surface area contributed by atoms with Crippen molar-refractivity contribution in [3.63, 3.8) is 0 Å². The average molecular weight is 183 g/mol. The molecule has 66 valence electrons. The van der Waals surface area contributed by atoms with Gasteiger partial charge in [0.25, 0.3) is 0 Å². The highest BCUT2D eigenvalue weighted by Crippen LogP contribution is 2.12. The van der Waals surface area contributed by atoms with Gasteiger partial charge in [-0.15, -0.1) is 0 Å². The molecule has 1 aliphatic rings. The van der Waals surface area contributed by atoms with Gasteiger partial charge >= 0.3 is 0 Å². The molecule has 0 aromatic carbocycles. The normalized spacial score (nSPS) is 19.7. The Labute approximate surface area is 76.9 Å². The first-order valence-corrected chi connectivity index (χ1v) is 5.42. The fourth-order valence-corrected chi connectivity index (χ4v) is 2.38. The van der Waals surface area contributed by atoms with Crippen molar-refractivity contribution < 1.29 is 4.42 Å². The molecule has 2 rings (SSSR count). The van der Waals surface area contributed by atoms with E-state index in [9.17, 15) is 0 Å². The molecular weight excluding hydrogens is 170 g/mol. The molecule has 2 heterocycles. The van der Waals surface area contributed by atoms with Crippen LogP contribution in [0.15, 0.2) is 23.0 Å². The molecule has 12 heavy (non-hydrogen) atoms. The molecule has 1 aromatic heterocycles. The molecule has 0 spiro atoms. The van der Waals surface area contributed by atoms with Crippen LogP contribution in [0, 0.1) is 0 Å². The van der Waals surface area contributed by atoms with Gasteiger partial charge in [0.15, 0.2) is 0 Å². The van der Waals surface area contributed by atoms with Crippen LogP contribution in [-0.2, 0) is 6.54 Å². The van der Waals surface area contributed by atoms with Crippen molar-refractivity contribution in [1.82, 2.24) is 4.90 Å². The van der Waals surface area contributed by atoms with E-state index in [0.717, 1.165) is 6.54 Å². The van der Waals surface area contributed by atoms with Crippen molar-refractivity contribution in [3.8, 4) is 0 Å². The smallest absolute Gasteiger partial charge is 0.0947 e. The Morgan fingerprint density at radius 2 is 2.25 bits per heavy atom. The van der Waals surface area contributed by atoms with Crippen molar-refractivity contribution in [2.24, 2.45) is 0 Å². The summed E-state index contributed by atoms with van der Waals surface area (Å²) in [6.45, 7) is 3.49. The summed E-state index contributed by atoms with van der Waals surface area (Å²) >= 11 is 2.05. The molecule has 2 nitrogen and oxygen atoms in total. The lowest BCUT2D eigenvalue weighted by Crippen LogP contribution is -2.31. The van der Waals surface area contributed by atoms with Crippen molar-refractivity contribution in [2.45, 2.75) is 6.54 Å². The second kappa shape index (κ2) is 4.01. The SMILES string of the molecule is c1cc(CN2CCSCC2)co1. The fourth-order valence-electron chi connectivity index (χ4n) is 1.40. The number of hydrogen-bond donors (Lipinski definition) is 0. The highest BCUT2D eigenvalue weighted by molar-refractivity contribution is 7.99. The summed E-state index contributed by atoms with van der Waals surface area (Å²) in [5, 5.41) is 0. The van der Waals surface area contributed by atoms with Crippen molar-refractivity contribution in [1.29, 1.82) is 0 Å². The summed E-state index contributed by atoms with van der Waals surface area (Å²) < 4.78 is 5.02.